The van der Waals surface area contributed by atoms with Crippen molar-refractivity contribution in [2.75, 3.05) is 66.6 Å². The molecule has 0 atom stereocenters. The van der Waals surface area contributed by atoms with Crippen LogP contribution in [0.15, 0.2) is 29.2 Å². The van der Waals surface area contributed by atoms with Crippen molar-refractivity contribution < 1.29 is 17.9 Å². The highest BCUT2D eigenvalue weighted by molar-refractivity contribution is 7.89. The van der Waals surface area contributed by atoms with Gasteiger partial charge >= 0.3 is 0 Å². The van der Waals surface area contributed by atoms with E-state index in [0.29, 0.717) is 38.4 Å². The van der Waals surface area contributed by atoms with Gasteiger partial charge in [-0.15, -0.1) is 0 Å². The van der Waals surface area contributed by atoms with Crippen molar-refractivity contribution in [1.29, 1.82) is 0 Å². The predicted octanol–water partition coefficient (Wildman–Crippen LogP) is -0.411. The van der Waals surface area contributed by atoms with Crippen LogP contribution < -0.4 is 10.0 Å². The van der Waals surface area contributed by atoms with E-state index < -0.39 is 10.0 Å². The largest absolute Gasteiger partial charge is 0.379 e. The van der Waals surface area contributed by atoms with Gasteiger partial charge in [0.2, 0.25) is 10.0 Å². The molecule has 8 nitrogen and oxygen atoms in total. The number of hydrogen-bond donors (Lipinski definition) is 2. The van der Waals surface area contributed by atoms with Crippen LogP contribution in [0.25, 0.3) is 0 Å². The third-order valence-electron chi connectivity index (χ3n) is 4.07. The Balaban J connectivity index is 1.89. The monoisotopic (exact) mass is 384 g/mol. The van der Waals surface area contributed by atoms with E-state index in [0.717, 1.165) is 19.6 Å². The van der Waals surface area contributed by atoms with Gasteiger partial charge in [0.05, 0.1) is 18.1 Å². The molecule has 146 valence electrons. The average molecular weight is 385 g/mol. The number of likely N-dealkylation sites (N-methyl/N-ethyl adjacent to an activating group) is 1. The topological polar surface area (TPSA) is 91.0 Å². The second-order valence-corrected chi connectivity index (χ2v) is 8.21. The molecule has 0 bridgehead atoms. The second kappa shape index (κ2) is 9.98. The summed E-state index contributed by atoms with van der Waals surface area (Å²) in [5, 5.41) is 2.84. The van der Waals surface area contributed by atoms with Crippen molar-refractivity contribution >= 4 is 15.9 Å². The molecule has 0 unspecified atom stereocenters. The fourth-order valence-electron chi connectivity index (χ4n) is 2.55. The van der Waals surface area contributed by atoms with Crippen LogP contribution in [0.3, 0.4) is 0 Å². The Bertz CT molecular complexity index is 688. The number of carbonyl (C=O) groups is 1. The van der Waals surface area contributed by atoms with Crippen molar-refractivity contribution in [1.82, 2.24) is 19.8 Å². The second-order valence-electron chi connectivity index (χ2n) is 6.44. The fraction of sp³-hybridized carbons (Fsp3) is 0.588. The quantitative estimate of drug-likeness (QED) is 0.601. The molecule has 2 rings (SSSR count). The molecule has 1 fully saturated rings. The Kier molecular flexibility index (Phi) is 7.98. The number of ether oxygens (including phenoxy) is 1. The van der Waals surface area contributed by atoms with Crippen LogP contribution in [0, 0.1) is 0 Å². The first-order valence-corrected chi connectivity index (χ1v) is 10.2. The Labute approximate surface area is 155 Å². The maximum Gasteiger partial charge on any atom is 0.251 e. The summed E-state index contributed by atoms with van der Waals surface area (Å²) in [5.74, 6) is -0.274. The van der Waals surface area contributed by atoms with Gasteiger partial charge in [-0.3, -0.25) is 9.69 Å². The summed E-state index contributed by atoms with van der Waals surface area (Å²) in [6.07, 6.45) is 0. The van der Waals surface area contributed by atoms with Crippen LogP contribution in [-0.2, 0) is 14.8 Å². The minimum absolute atomic E-state index is 0.0945. The lowest BCUT2D eigenvalue weighted by molar-refractivity contribution is 0.0383. The van der Waals surface area contributed by atoms with Gasteiger partial charge in [-0.2, -0.15) is 0 Å². The van der Waals surface area contributed by atoms with E-state index in [4.69, 9.17) is 4.74 Å². The number of amides is 1. The van der Waals surface area contributed by atoms with Crippen molar-refractivity contribution in [3.05, 3.63) is 29.8 Å². The minimum Gasteiger partial charge on any atom is -0.379 e. The number of benzene rings is 1. The molecule has 2 N–H and O–H groups in total. The normalized spacial score (nSPS) is 16.0. The van der Waals surface area contributed by atoms with Crippen molar-refractivity contribution in [3.8, 4) is 0 Å². The number of nitrogens with one attached hydrogen (secondary N) is 2. The Morgan fingerprint density at radius 1 is 1.23 bits per heavy atom. The number of hydrogen-bond acceptors (Lipinski definition) is 6. The first-order valence-electron chi connectivity index (χ1n) is 8.71. The summed E-state index contributed by atoms with van der Waals surface area (Å²) in [6.45, 7) is 5.33. The lowest BCUT2D eigenvalue weighted by Gasteiger charge is -2.26. The molecule has 0 spiro atoms. The third-order valence-corrected chi connectivity index (χ3v) is 5.53. The molecule has 0 aliphatic carbocycles. The molecule has 1 aliphatic heterocycles. The van der Waals surface area contributed by atoms with Gasteiger partial charge < -0.3 is 15.0 Å². The predicted molar refractivity (Wildman–Crippen MR) is 99.8 cm³/mol. The summed E-state index contributed by atoms with van der Waals surface area (Å²) in [5.41, 5.74) is 0.336. The van der Waals surface area contributed by atoms with Crippen LogP contribution >= 0.6 is 0 Å². The van der Waals surface area contributed by atoms with Gasteiger partial charge in [-0.05, 0) is 32.3 Å². The molecular formula is C17H28N4O4S. The molecule has 1 heterocycles. The SMILES string of the molecule is CN(C)CCNS(=O)(=O)c1cccc(C(=O)NCCN2CCOCC2)c1. The fourth-order valence-corrected chi connectivity index (χ4v) is 3.61. The number of carbonyl (C=O) groups excluding carboxylic acids is 1. The Morgan fingerprint density at radius 3 is 2.65 bits per heavy atom. The maximum absolute atomic E-state index is 12.3. The number of sulfonamides is 1. The summed E-state index contributed by atoms with van der Waals surface area (Å²) < 4.78 is 32.5. The van der Waals surface area contributed by atoms with E-state index in [-0.39, 0.29) is 10.8 Å². The number of rotatable bonds is 9. The molecular weight excluding hydrogens is 356 g/mol. The summed E-state index contributed by atoms with van der Waals surface area (Å²) >= 11 is 0. The molecule has 1 saturated heterocycles. The first kappa shape index (κ1) is 20.8. The Morgan fingerprint density at radius 2 is 1.96 bits per heavy atom. The van der Waals surface area contributed by atoms with Crippen LogP contribution in [0.1, 0.15) is 10.4 Å². The molecule has 1 amide bonds. The van der Waals surface area contributed by atoms with Crippen LogP contribution in [0.2, 0.25) is 0 Å². The zero-order valence-corrected chi connectivity index (χ0v) is 16.2. The lowest BCUT2D eigenvalue weighted by atomic mass is 10.2. The molecule has 9 heteroatoms. The number of morpholine rings is 1. The maximum atomic E-state index is 12.3. The van der Waals surface area contributed by atoms with Crippen molar-refractivity contribution in [2.24, 2.45) is 0 Å². The molecule has 1 aliphatic rings. The van der Waals surface area contributed by atoms with Gasteiger partial charge in [0.15, 0.2) is 0 Å². The first-order chi connectivity index (χ1) is 12.4. The zero-order chi connectivity index (χ0) is 19.0. The van der Waals surface area contributed by atoms with Gasteiger partial charge in [0, 0.05) is 44.8 Å². The van der Waals surface area contributed by atoms with E-state index in [1.54, 1.807) is 12.1 Å². The van der Waals surface area contributed by atoms with Gasteiger partial charge in [0.25, 0.3) is 5.91 Å². The molecule has 0 saturated carbocycles. The van der Waals surface area contributed by atoms with Crippen LogP contribution in [0.4, 0.5) is 0 Å². The van der Waals surface area contributed by atoms with Gasteiger partial charge in [0.1, 0.15) is 0 Å². The standard InChI is InChI=1S/C17H28N4O4S/c1-20(2)8-7-19-26(23,24)16-5-3-4-15(14-16)17(22)18-6-9-21-10-12-25-13-11-21/h3-5,14,19H,6-13H2,1-2H3,(H,18,22). The van der Waals surface area contributed by atoms with E-state index in [1.807, 2.05) is 19.0 Å². The summed E-state index contributed by atoms with van der Waals surface area (Å²) in [7, 11) is 0.114. The molecule has 0 aromatic heterocycles. The smallest absolute Gasteiger partial charge is 0.251 e. The highest BCUT2D eigenvalue weighted by atomic mass is 32.2. The molecule has 26 heavy (non-hydrogen) atoms. The summed E-state index contributed by atoms with van der Waals surface area (Å²) in [4.78, 5) is 16.5. The van der Waals surface area contributed by atoms with Crippen LogP contribution in [0.5, 0.6) is 0 Å². The van der Waals surface area contributed by atoms with Gasteiger partial charge in [-0.25, -0.2) is 13.1 Å². The van der Waals surface area contributed by atoms with Crippen LogP contribution in [-0.4, -0.2) is 90.7 Å². The molecule has 1 aromatic carbocycles. The highest BCUT2D eigenvalue weighted by Gasteiger charge is 2.16. The zero-order valence-electron chi connectivity index (χ0n) is 15.4. The van der Waals surface area contributed by atoms with E-state index in [1.165, 1.54) is 12.1 Å². The third kappa shape index (κ3) is 6.65. The summed E-state index contributed by atoms with van der Waals surface area (Å²) in [6, 6.07) is 6.09. The lowest BCUT2D eigenvalue weighted by Crippen LogP contribution is -2.41. The van der Waals surface area contributed by atoms with E-state index in [9.17, 15) is 13.2 Å². The van der Waals surface area contributed by atoms with E-state index >= 15 is 0 Å². The molecule has 1 aromatic rings. The van der Waals surface area contributed by atoms with Crippen molar-refractivity contribution in [2.45, 2.75) is 4.90 Å². The van der Waals surface area contributed by atoms with E-state index in [2.05, 4.69) is 14.9 Å². The average Bonchev–Trinajstić information content (AvgIpc) is 2.62. The van der Waals surface area contributed by atoms with Crippen molar-refractivity contribution in [3.63, 3.8) is 0 Å². The number of nitrogens with zero attached hydrogens (tertiary/aromatic N) is 2. The minimum atomic E-state index is -3.63. The Hall–Kier alpha value is -1.52. The van der Waals surface area contributed by atoms with Gasteiger partial charge in [-0.1, -0.05) is 6.07 Å². The molecule has 0 radical (unpaired) electrons. The highest BCUT2D eigenvalue weighted by Crippen LogP contribution is 2.11.